The van der Waals surface area contributed by atoms with Gasteiger partial charge < -0.3 is 14.6 Å². The van der Waals surface area contributed by atoms with Gasteiger partial charge in [-0.25, -0.2) is 0 Å². The Labute approximate surface area is 108 Å². The molecule has 0 aromatic carbocycles. The van der Waals surface area contributed by atoms with Crippen LogP contribution in [0.4, 0.5) is 26.3 Å². The second kappa shape index (κ2) is 6.29. The Morgan fingerprint density at radius 3 is 1.70 bits per heavy atom. The molecule has 118 valence electrons. The molecule has 0 aromatic heterocycles. The highest BCUT2D eigenvalue weighted by Gasteiger charge is 2.68. The first-order valence-corrected chi connectivity index (χ1v) is 4.98. The van der Waals surface area contributed by atoms with Crippen LogP contribution < -0.4 is 5.11 Å². The lowest BCUT2D eigenvalue weighted by molar-refractivity contribution is -0.574. The molecule has 0 spiro atoms. The van der Waals surface area contributed by atoms with E-state index >= 15 is 0 Å². The van der Waals surface area contributed by atoms with Crippen molar-refractivity contribution in [1.29, 1.82) is 0 Å². The molecule has 0 saturated carbocycles. The van der Waals surface area contributed by atoms with Gasteiger partial charge in [-0.2, -0.15) is 26.3 Å². The van der Waals surface area contributed by atoms with E-state index in [4.69, 9.17) is 0 Å². The van der Waals surface area contributed by atoms with Crippen molar-refractivity contribution < 1.29 is 50.5 Å². The van der Waals surface area contributed by atoms with Gasteiger partial charge in [0.2, 0.25) is 0 Å². The summed E-state index contributed by atoms with van der Waals surface area (Å²) >= 11 is 0. The molecule has 20 heavy (non-hydrogen) atoms. The summed E-state index contributed by atoms with van der Waals surface area (Å²) in [6, 6.07) is 0. The maximum Gasteiger partial charge on any atom is 0.399 e. The Bertz CT molecular complexity index is 347. The third kappa shape index (κ3) is 4.25. The Balaban J connectivity index is 4.66. The van der Waals surface area contributed by atoms with Gasteiger partial charge in [0.15, 0.2) is 5.60 Å². The Morgan fingerprint density at radius 2 is 1.35 bits per heavy atom. The molecular weight excluding hydrogens is 302 g/mol. The van der Waals surface area contributed by atoms with Crippen LogP contribution in [0.3, 0.4) is 0 Å². The molecule has 0 fully saturated rings. The fourth-order valence-corrected chi connectivity index (χ4v) is 0.933. The maximum atomic E-state index is 12.1. The van der Waals surface area contributed by atoms with Gasteiger partial charge >= 0.3 is 24.3 Å². The second-order valence-electron chi connectivity index (χ2n) is 3.51. The molecule has 0 unspecified atom stereocenters. The van der Waals surface area contributed by atoms with Crippen molar-refractivity contribution in [2.24, 2.45) is 0 Å². The quantitative estimate of drug-likeness (QED) is 0.424. The predicted octanol–water partition coefficient (Wildman–Crippen LogP) is 0.707. The van der Waals surface area contributed by atoms with Gasteiger partial charge in [0.1, 0.15) is 0 Å². The zero-order chi connectivity index (χ0) is 16.2. The van der Waals surface area contributed by atoms with Gasteiger partial charge in [-0.05, 0) is 0 Å². The molecule has 0 aliphatic rings. The van der Waals surface area contributed by atoms with Crippen LogP contribution in [0, 0.1) is 0 Å². The lowest BCUT2D eigenvalue weighted by Gasteiger charge is -2.40. The standard InChI is InChI=1S/C9H9F6O5/c1-5(16)19-3-2-4-20-6(17)7(18,8(10,11)12)9(13,14)15/h2-4H2,1H3/q-1. The summed E-state index contributed by atoms with van der Waals surface area (Å²) < 4.78 is 80.7. The SMILES string of the molecule is CC(=O)OCCCOC(=O)C([O-])(C(F)(F)F)C(F)(F)F. The first kappa shape index (κ1) is 18.5. The topological polar surface area (TPSA) is 75.7 Å². The highest BCUT2D eigenvalue weighted by Crippen LogP contribution is 2.41. The van der Waals surface area contributed by atoms with Crippen LogP contribution >= 0.6 is 0 Å². The fraction of sp³-hybridized carbons (Fsp3) is 0.778. The Kier molecular flexibility index (Phi) is 5.81. The molecule has 0 N–H and O–H groups in total. The molecule has 0 radical (unpaired) electrons. The second-order valence-corrected chi connectivity index (χ2v) is 3.51. The lowest BCUT2D eigenvalue weighted by atomic mass is 10.0. The zero-order valence-electron chi connectivity index (χ0n) is 9.93. The summed E-state index contributed by atoms with van der Waals surface area (Å²) in [7, 11) is 0. The molecule has 5 nitrogen and oxygen atoms in total. The van der Waals surface area contributed by atoms with Crippen LogP contribution in [0.1, 0.15) is 13.3 Å². The number of esters is 2. The number of hydrogen-bond donors (Lipinski definition) is 0. The van der Waals surface area contributed by atoms with E-state index in [1.165, 1.54) is 0 Å². The summed E-state index contributed by atoms with van der Waals surface area (Å²) in [5.74, 6) is -3.74. The monoisotopic (exact) mass is 311 g/mol. The zero-order valence-corrected chi connectivity index (χ0v) is 9.93. The minimum Gasteiger partial charge on any atom is -0.828 e. The summed E-state index contributed by atoms with van der Waals surface area (Å²) in [6.45, 7) is -0.295. The number of rotatable bonds is 5. The largest absolute Gasteiger partial charge is 0.828 e. The molecule has 0 rings (SSSR count). The van der Waals surface area contributed by atoms with E-state index in [0.717, 1.165) is 6.92 Å². The van der Waals surface area contributed by atoms with Crippen molar-refractivity contribution in [3.8, 4) is 0 Å². The molecule has 0 saturated heterocycles. The van der Waals surface area contributed by atoms with E-state index in [1.807, 2.05) is 0 Å². The molecule has 0 aromatic rings. The normalized spacial score (nSPS) is 13.0. The number of carbonyl (C=O) groups is 2. The van der Waals surface area contributed by atoms with Gasteiger partial charge in [-0.3, -0.25) is 9.59 Å². The minimum absolute atomic E-state index is 0.350. The number of alkyl halides is 6. The van der Waals surface area contributed by atoms with E-state index in [9.17, 15) is 41.0 Å². The third-order valence-electron chi connectivity index (χ3n) is 1.91. The molecule has 0 heterocycles. The average Bonchev–Trinajstić information content (AvgIpc) is 2.23. The van der Waals surface area contributed by atoms with Crippen LogP contribution in [0.2, 0.25) is 0 Å². The molecule has 0 aliphatic heterocycles. The number of carbonyl (C=O) groups excluding carboxylic acids is 2. The van der Waals surface area contributed by atoms with E-state index in [-0.39, 0.29) is 13.0 Å². The van der Waals surface area contributed by atoms with Crippen LogP contribution in [0.25, 0.3) is 0 Å². The highest BCUT2D eigenvalue weighted by molar-refractivity contribution is 5.81. The molecule has 11 heteroatoms. The first-order valence-electron chi connectivity index (χ1n) is 4.98. The van der Waals surface area contributed by atoms with E-state index in [1.54, 1.807) is 0 Å². The number of hydrogen-bond acceptors (Lipinski definition) is 5. The van der Waals surface area contributed by atoms with Crippen LogP contribution in [-0.2, 0) is 19.1 Å². The summed E-state index contributed by atoms with van der Waals surface area (Å²) in [5.41, 5.74) is -5.85. The van der Waals surface area contributed by atoms with Crippen molar-refractivity contribution in [3.05, 3.63) is 0 Å². The van der Waals surface area contributed by atoms with Crippen LogP contribution in [-0.4, -0.2) is 43.1 Å². The van der Waals surface area contributed by atoms with Crippen LogP contribution in [0.5, 0.6) is 0 Å². The van der Waals surface area contributed by atoms with Gasteiger partial charge in [0, 0.05) is 13.3 Å². The summed E-state index contributed by atoms with van der Waals surface area (Å²) in [6.07, 6.45) is -13.1. The van der Waals surface area contributed by atoms with Gasteiger partial charge in [0.25, 0.3) is 0 Å². The van der Waals surface area contributed by atoms with E-state index < -0.39 is 36.5 Å². The number of halogens is 6. The third-order valence-corrected chi connectivity index (χ3v) is 1.91. The molecule has 0 amide bonds. The maximum absolute atomic E-state index is 12.1. The number of ether oxygens (including phenoxy) is 2. The molecule has 0 aliphatic carbocycles. The van der Waals surface area contributed by atoms with E-state index in [0.29, 0.717) is 0 Å². The van der Waals surface area contributed by atoms with Crippen molar-refractivity contribution in [2.45, 2.75) is 31.3 Å². The van der Waals surface area contributed by atoms with Gasteiger partial charge in [-0.1, -0.05) is 0 Å². The Hall–Kier alpha value is -1.52. The average molecular weight is 311 g/mol. The highest BCUT2D eigenvalue weighted by atomic mass is 19.4. The predicted molar refractivity (Wildman–Crippen MR) is 47.1 cm³/mol. The minimum atomic E-state index is -6.39. The molecular formula is C9H9F6O5-. The summed E-state index contributed by atoms with van der Waals surface area (Å²) in [4.78, 5) is 21.1. The van der Waals surface area contributed by atoms with Crippen LogP contribution in [0.15, 0.2) is 0 Å². The van der Waals surface area contributed by atoms with E-state index in [2.05, 4.69) is 9.47 Å². The van der Waals surface area contributed by atoms with Crippen molar-refractivity contribution in [1.82, 2.24) is 0 Å². The first-order chi connectivity index (χ1) is 8.84. The molecule has 0 bridgehead atoms. The van der Waals surface area contributed by atoms with Gasteiger partial charge in [0.05, 0.1) is 13.2 Å². The molecule has 0 atom stereocenters. The van der Waals surface area contributed by atoms with Crippen molar-refractivity contribution >= 4 is 11.9 Å². The smallest absolute Gasteiger partial charge is 0.399 e. The van der Waals surface area contributed by atoms with Gasteiger partial charge in [-0.15, -0.1) is 0 Å². The van der Waals surface area contributed by atoms with Crippen molar-refractivity contribution in [2.75, 3.05) is 13.2 Å². The van der Waals surface area contributed by atoms with Crippen molar-refractivity contribution in [3.63, 3.8) is 0 Å². The Morgan fingerprint density at radius 1 is 0.950 bits per heavy atom. The summed E-state index contributed by atoms with van der Waals surface area (Å²) in [5, 5.41) is 10.8. The lowest BCUT2D eigenvalue weighted by Crippen LogP contribution is -2.71. The fourth-order valence-electron chi connectivity index (χ4n) is 0.933.